The SMILES string of the molecule is Cc1ccc(-c2cn(C)c(CCc3ccc4ncccc4n3)n2)cn1.Cl. The lowest BCUT2D eigenvalue weighted by Crippen LogP contribution is -2.01. The summed E-state index contributed by atoms with van der Waals surface area (Å²) in [6, 6.07) is 12.1. The zero-order chi connectivity index (χ0) is 17.2. The molecule has 0 aliphatic heterocycles. The summed E-state index contributed by atoms with van der Waals surface area (Å²) in [5, 5.41) is 0. The predicted molar refractivity (Wildman–Crippen MR) is 105 cm³/mol. The van der Waals surface area contributed by atoms with E-state index < -0.39 is 0 Å². The number of aromatic nitrogens is 5. The standard InChI is InChI=1S/C20H19N5.ClH/c1-14-5-6-15(12-22-14)19-13-25(2)20(24-19)10-8-16-7-9-17-18(23-16)4-3-11-21-17;/h3-7,9,11-13H,8,10H2,1-2H3;1H. The zero-order valence-electron chi connectivity index (χ0n) is 14.8. The van der Waals surface area contributed by atoms with Gasteiger partial charge in [0.1, 0.15) is 5.82 Å². The van der Waals surface area contributed by atoms with Crippen LogP contribution in [-0.4, -0.2) is 24.5 Å². The molecule has 4 heterocycles. The zero-order valence-corrected chi connectivity index (χ0v) is 15.6. The van der Waals surface area contributed by atoms with Crippen molar-refractivity contribution in [2.24, 2.45) is 7.05 Å². The smallest absolute Gasteiger partial charge is 0.109 e. The normalized spacial score (nSPS) is 10.7. The van der Waals surface area contributed by atoms with Gasteiger partial charge in [-0.25, -0.2) is 4.98 Å². The van der Waals surface area contributed by atoms with Crippen LogP contribution in [0.25, 0.3) is 22.3 Å². The summed E-state index contributed by atoms with van der Waals surface area (Å²) in [4.78, 5) is 18.1. The van der Waals surface area contributed by atoms with Crippen LogP contribution >= 0.6 is 12.4 Å². The lowest BCUT2D eigenvalue weighted by molar-refractivity contribution is 0.763. The molecule has 0 spiro atoms. The van der Waals surface area contributed by atoms with Gasteiger partial charge in [-0.3, -0.25) is 15.0 Å². The van der Waals surface area contributed by atoms with Crippen molar-refractivity contribution in [2.75, 3.05) is 0 Å². The topological polar surface area (TPSA) is 56.5 Å². The van der Waals surface area contributed by atoms with Crippen LogP contribution in [0, 0.1) is 6.92 Å². The Labute approximate surface area is 158 Å². The van der Waals surface area contributed by atoms with Gasteiger partial charge < -0.3 is 4.57 Å². The summed E-state index contributed by atoms with van der Waals surface area (Å²) >= 11 is 0. The van der Waals surface area contributed by atoms with Gasteiger partial charge in [0.05, 0.1) is 16.7 Å². The minimum Gasteiger partial charge on any atom is -0.337 e. The van der Waals surface area contributed by atoms with Gasteiger partial charge in [-0.15, -0.1) is 12.4 Å². The number of rotatable bonds is 4. The molecule has 0 bridgehead atoms. The fraction of sp³-hybridized carbons (Fsp3) is 0.200. The van der Waals surface area contributed by atoms with Crippen LogP contribution in [0.4, 0.5) is 0 Å². The first-order valence-electron chi connectivity index (χ1n) is 8.35. The maximum atomic E-state index is 4.77. The summed E-state index contributed by atoms with van der Waals surface area (Å²) in [5.41, 5.74) is 5.94. The van der Waals surface area contributed by atoms with Gasteiger partial charge in [-0.1, -0.05) is 0 Å². The highest BCUT2D eigenvalue weighted by molar-refractivity contribution is 5.85. The highest BCUT2D eigenvalue weighted by Crippen LogP contribution is 2.18. The molecule has 0 unspecified atom stereocenters. The van der Waals surface area contributed by atoms with Crippen molar-refractivity contribution >= 4 is 23.4 Å². The summed E-state index contributed by atoms with van der Waals surface area (Å²) in [6.07, 6.45) is 7.41. The molecule has 4 aromatic heterocycles. The van der Waals surface area contributed by atoms with Crippen molar-refractivity contribution in [3.63, 3.8) is 0 Å². The van der Waals surface area contributed by atoms with Gasteiger partial charge in [-0.05, 0) is 49.7 Å². The molecule has 0 saturated heterocycles. The lowest BCUT2D eigenvalue weighted by atomic mass is 10.2. The van der Waals surface area contributed by atoms with Crippen LogP contribution in [0.2, 0.25) is 0 Å². The molecule has 0 aromatic carbocycles. The quantitative estimate of drug-likeness (QED) is 0.549. The van der Waals surface area contributed by atoms with E-state index in [1.807, 2.05) is 50.5 Å². The molecule has 0 aliphatic carbocycles. The van der Waals surface area contributed by atoms with Crippen LogP contribution in [-0.2, 0) is 19.9 Å². The molecule has 6 heteroatoms. The van der Waals surface area contributed by atoms with E-state index in [9.17, 15) is 0 Å². The van der Waals surface area contributed by atoms with Crippen molar-refractivity contribution < 1.29 is 0 Å². The van der Waals surface area contributed by atoms with E-state index in [-0.39, 0.29) is 12.4 Å². The maximum absolute atomic E-state index is 4.77. The molecule has 5 nitrogen and oxygen atoms in total. The van der Waals surface area contributed by atoms with E-state index >= 15 is 0 Å². The van der Waals surface area contributed by atoms with E-state index in [2.05, 4.69) is 31.8 Å². The lowest BCUT2D eigenvalue weighted by Gasteiger charge is -2.03. The van der Waals surface area contributed by atoms with Gasteiger partial charge >= 0.3 is 0 Å². The number of hydrogen-bond donors (Lipinski definition) is 0. The Bertz CT molecular complexity index is 1020. The third-order valence-corrected chi connectivity index (χ3v) is 4.30. The van der Waals surface area contributed by atoms with E-state index in [1.54, 1.807) is 6.20 Å². The Morgan fingerprint density at radius 1 is 0.923 bits per heavy atom. The van der Waals surface area contributed by atoms with Crippen LogP contribution in [0.5, 0.6) is 0 Å². The number of pyridine rings is 3. The minimum atomic E-state index is 0. The van der Waals surface area contributed by atoms with Crippen molar-refractivity contribution in [2.45, 2.75) is 19.8 Å². The fourth-order valence-corrected chi connectivity index (χ4v) is 2.87. The highest BCUT2D eigenvalue weighted by atomic mass is 35.5. The van der Waals surface area contributed by atoms with E-state index in [1.165, 1.54) is 0 Å². The molecule has 0 atom stereocenters. The van der Waals surface area contributed by atoms with Crippen LogP contribution in [0.15, 0.2) is 55.0 Å². The van der Waals surface area contributed by atoms with Crippen molar-refractivity contribution in [1.82, 2.24) is 24.5 Å². The summed E-state index contributed by atoms with van der Waals surface area (Å²) < 4.78 is 2.08. The molecular weight excluding hydrogens is 346 g/mol. The summed E-state index contributed by atoms with van der Waals surface area (Å²) in [7, 11) is 2.03. The molecule has 0 aliphatic rings. The Morgan fingerprint density at radius 2 is 1.81 bits per heavy atom. The minimum absolute atomic E-state index is 0. The van der Waals surface area contributed by atoms with E-state index in [4.69, 9.17) is 4.98 Å². The Balaban J connectivity index is 0.00000196. The monoisotopic (exact) mass is 365 g/mol. The molecule has 4 rings (SSSR count). The Hall–Kier alpha value is -2.79. The second kappa shape index (κ2) is 7.62. The largest absolute Gasteiger partial charge is 0.337 e. The van der Waals surface area contributed by atoms with Crippen LogP contribution in [0.3, 0.4) is 0 Å². The second-order valence-corrected chi connectivity index (χ2v) is 6.19. The first-order valence-corrected chi connectivity index (χ1v) is 8.35. The molecule has 4 aromatic rings. The van der Waals surface area contributed by atoms with Gasteiger partial charge in [0.25, 0.3) is 0 Å². The molecular formula is C20H20ClN5. The third kappa shape index (κ3) is 3.73. The number of aryl methyl sites for hydroxylation is 4. The van der Waals surface area contributed by atoms with Crippen molar-refractivity contribution in [3.05, 3.63) is 72.2 Å². The van der Waals surface area contributed by atoms with Gasteiger partial charge in [0.15, 0.2) is 0 Å². The molecule has 26 heavy (non-hydrogen) atoms. The van der Waals surface area contributed by atoms with E-state index in [0.29, 0.717) is 0 Å². The number of hydrogen-bond acceptors (Lipinski definition) is 4. The summed E-state index contributed by atoms with van der Waals surface area (Å²) in [6.45, 7) is 1.99. The van der Waals surface area contributed by atoms with Gasteiger partial charge in [-0.2, -0.15) is 0 Å². The fourth-order valence-electron chi connectivity index (χ4n) is 2.87. The third-order valence-electron chi connectivity index (χ3n) is 4.30. The van der Waals surface area contributed by atoms with Crippen molar-refractivity contribution in [3.8, 4) is 11.3 Å². The number of nitrogens with zero attached hydrogens (tertiary/aromatic N) is 5. The maximum Gasteiger partial charge on any atom is 0.109 e. The number of fused-ring (bicyclic) bond motifs is 1. The van der Waals surface area contributed by atoms with Crippen LogP contribution < -0.4 is 0 Å². The highest BCUT2D eigenvalue weighted by Gasteiger charge is 2.09. The average Bonchev–Trinajstić information content (AvgIpc) is 3.01. The first kappa shape index (κ1) is 18.0. The van der Waals surface area contributed by atoms with E-state index in [0.717, 1.165) is 52.3 Å². The predicted octanol–water partition coefficient (Wildman–Crippen LogP) is 3.94. The first-order chi connectivity index (χ1) is 12.2. The van der Waals surface area contributed by atoms with Gasteiger partial charge in [0.2, 0.25) is 0 Å². The van der Waals surface area contributed by atoms with Crippen LogP contribution in [0.1, 0.15) is 17.2 Å². The molecule has 0 radical (unpaired) electrons. The molecule has 0 fully saturated rings. The average molecular weight is 366 g/mol. The second-order valence-electron chi connectivity index (χ2n) is 6.19. The molecule has 0 amide bonds. The van der Waals surface area contributed by atoms with Gasteiger partial charge in [0, 0.05) is 49.0 Å². The Morgan fingerprint density at radius 3 is 2.62 bits per heavy atom. The number of imidazole rings is 1. The molecule has 132 valence electrons. The van der Waals surface area contributed by atoms with Crippen molar-refractivity contribution in [1.29, 1.82) is 0 Å². The summed E-state index contributed by atoms with van der Waals surface area (Å²) in [5.74, 6) is 1.05. The number of halogens is 1. The molecule has 0 saturated carbocycles. The Kier molecular flexibility index (Phi) is 5.28. The molecule has 0 N–H and O–H groups in total.